The molecule has 1 aromatic rings. The van der Waals surface area contributed by atoms with Crippen LogP contribution in [-0.2, 0) is 0 Å². The minimum atomic E-state index is -0.0877. The summed E-state index contributed by atoms with van der Waals surface area (Å²) in [6.07, 6.45) is 4.71. The summed E-state index contributed by atoms with van der Waals surface area (Å²) in [5.74, 6) is 0.728. The smallest absolute Gasteiger partial charge is 0.319 e. The second-order valence-corrected chi connectivity index (χ2v) is 4.93. The summed E-state index contributed by atoms with van der Waals surface area (Å²) in [5, 5.41) is 5.90. The monoisotopic (exact) mass is 232 g/mol. The number of nitrogens with one attached hydrogen (secondary N) is 2. The SMILES string of the molecule is C[C@H]1CCC[C@H](NC(=O)Nc2ccccc2)C1. The molecule has 1 saturated carbocycles. The summed E-state index contributed by atoms with van der Waals surface area (Å²) in [4.78, 5) is 11.8. The predicted molar refractivity (Wildman–Crippen MR) is 70.0 cm³/mol. The first kappa shape index (κ1) is 12.0. The number of urea groups is 1. The van der Waals surface area contributed by atoms with Crippen molar-refractivity contribution in [3.63, 3.8) is 0 Å². The summed E-state index contributed by atoms with van der Waals surface area (Å²) in [6, 6.07) is 9.80. The van der Waals surface area contributed by atoms with Crippen molar-refractivity contribution in [2.45, 2.75) is 38.6 Å². The molecule has 3 heteroatoms. The number of benzene rings is 1. The van der Waals surface area contributed by atoms with Crippen LogP contribution >= 0.6 is 0 Å². The molecule has 2 atom stereocenters. The Balaban J connectivity index is 1.81. The number of para-hydroxylation sites is 1. The van der Waals surface area contributed by atoms with Crippen LogP contribution in [0.3, 0.4) is 0 Å². The number of carbonyl (C=O) groups is 1. The largest absolute Gasteiger partial charge is 0.335 e. The molecule has 1 aliphatic rings. The van der Waals surface area contributed by atoms with Crippen molar-refractivity contribution in [3.8, 4) is 0 Å². The average molecular weight is 232 g/mol. The Morgan fingerprint density at radius 2 is 2.00 bits per heavy atom. The van der Waals surface area contributed by atoms with Crippen molar-refractivity contribution >= 4 is 11.7 Å². The molecule has 0 spiro atoms. The lowest BCUT2D eigenvalue weighted by Crippen LogP contribution is -2.40. The number of hydrogen-bond acceptors (Lipinski definition) is 1. The van der Waals surface area contributed by atoms with Crippen LogP contribution in [0.25, 0.3) is 0 Å². The standard InChI is InChI=1S/C14H20N2O/c1-11-6-5-9-13(10-11)16-14(17)15-12-7-3-2-4-8-12/h2-4,7-8,11,13H,5-6,9-10H2,1H3,(H2,15,16,17)/t11-,13-/m0/s1. The number of anilines is 1. The van der Waals surface area contributed by atoms with Crippen LogP contribution in [0.2, 0.25) is 0 Å². The van der Waals surface area contributed by atoms with Gasteiger partial charge in [0.15, 0.2) is 0 Å². The Labute approximate surface area is 103 Å². The van der Waals surface area contributed by atoms with E-state index in [4.69, 9.17) is 0 Å². The van der Waals surface area contributed by atoms with E-state index in [0.29, 0.717) is 6.04 Å². The first-order valence-corrected chi connectivity index (χ1v) is 6.36. The summed E-state index contributed by atoms with van der Waals surface area (Å²) < 4.78 is 0. The second-order valence-electron chi connectivity index (χ2n) is 4.93. The molecular weight excluding hydrogens is 212 g/mol. The van der Waals surface area contributed by atoms with Crippen molar-refractivity contribution in [3.05, 3.63) is 30.3 Å². The van der Waals surface area contributed by atoms with Crippen LogP contribution in [-0.4, -0.2) is 12.1 Å². The van der Waals surface area contributed by atoms with Gasteiger partial charge in [0.2, 0.25) is 0 Å². The molecule has 1 aliphatic carbocycles. The van der Waals surface area contributed by atoms with Gasteiger partial charge in [-0.2, -0.15) is 0 Å². The van der Waals surface area contributed by atoms with Gasteiger partial charge < -0.3 is 10.6 Å². The van der Waals surface area contributed by atoms with Crippen molar-refractivity contribution in [1.29, 1.82) is 0 Å². The minimum absolute atomic E-state index is 0.0877. The third-order valence-corrected chi connectivity index (χ3v) is 3.30. The van der Waals surface area contributed by atoms with Gasteiger partial charge in [-0.3, -0.25) is 0 Å². The fourth-order valence-electron chi connectivity index (χ4n) is 2.44. The Bertz CT molecular complexity index is 364. The molecule has 92 valence electrons. The van der Waals surface area contributed by atoms with Crippen LogP contribution in [0.4, 0.5) is 10.5 Å². The molecule has 0 aromatic heterocycles. The molecule has 1 fully saturated rings. The number of rotatable bonds is 2. The van der Waals surface area contributed by atoms with E-state index in [9.17, 15) is 4.79 Å². The molecule has 1 aromatic carbocycles. The van der Waals surface area contributed by atoms with Gasteiger partial charge in [0.05, 0.1) is 0 Å². The molecule has 0 aliphatic heterocycles. The van der Waals surface area contributed by atoms with Crippen LogP contribution in [0.1, 0.15) is 32.6 Å². The molecule has 0 saturated heterocycles. The highest BCUT2D eigenvalue weighted by molar-refractivity contribution is 5.89. The highest BCUT2D eigenvalue weighted by atomic mass is 16.2. The molecule has 2 rings (SSSR count). The minimum Gasteiger partial charge on any atom is -0.335 e. The Kier molecular flexibility index (Phi) is 4.02. The summed E-state index contributed by atoms with van der Waals surface area (Å²) in [7, 11) is 0. The highest BCUT2D eigenvalue weighted by Gasteiger charge is 2.20. The molecule has 0 unspecified atom stereocenters. The van der Waals surface area contributed by atoms with Gasteiger partial charge in [-0.05, 0) is 30.9 Å². The fraction of sp³-hybridized carbons (Fsp3) is 0.500. The first-order chi connectivity index (χ1) is 8.24. The van der Waals surface area contributed by atoms with Crippen LogP contribution in [0.15, 0.2) is 30.3 Å². The maximum Gasteiger partial charge on any atom is 0.319 e. The van der Waals surface area contributed by atoms with E-state index in [1.54, 1.807) is 0 Å². The van der Waals surface area contributed by atoms with E-state index in [-0.39, 0.29) is 6.03 Å². The predicted octanol–water partition coefficient (Wildman–Crippen LogP) is 3.39. The fourth-order valence-corrected chi connectivity index (χ4v) is 2.44. The lowest BCUT2D eigenvalue weighted by atomic mass is 9.87. The van der Waals surface area contributed by atoms with Gasteiger partial charge in [0.1, 0.15) is 0 Å². The summed E-state index contributed by atoms with van der Waals surface area (Å²) in [5.41, 5.74) is 0.842. The zero-order valence-electron chi connectivity index (χ0n) is 10.3. The lowest BCUT2D eigenvalue weighted by molar-refractivity contribution is 0.238. The van der Waals surface area contributed by atoms with E-state index < -0.39 is 0 Å². The van der Waals surface area contributed by atoms with Crippen molar-refractivity contribution < 1.29 is 4.79 Å². The molecule has 2 amide bonds. The van der Waals surface area contributed by atoms with Crippen LogP contribution in [0.5, 0.6) is 0 Å². The first-order valence-electron chi connectivity index (χ1n) is 6.36. The van der Waals surface area contributed by atoms with E-state index in [0.717, 1.165) is 24.4 Å². The molecule has 0 radical (unpaired) electrons. The van der Waals surface area contributed by atoms with Crippen LogP contribution < -0.4 is 10.6 Å². The molecule has 3 nitrogen and oxygen atoms in total. The summed E-state index contributed by atoms with van der Waals surface area (Å²) >= 11 is 0. The Morgan fingerprint density at radius 3 is 2.71 bits per heavy atom. The zero-order chi connectivity index (χ0) is 12.1. The van der Waals surface area contributed by atoms with Gasteiger partial charge in [0.25, 0.3) is 0 Å². The molecule has 17 heavy (non-hydrogen) atoms. The lowest BCUT2D eigenvalue weighted by Gasteiger charge is -2.27. The van der Waals surface area contributed by atoms with Crippen LogP contribution in [0, 0.1) is 5.92 Å². The average Bonchev–Trinajstić information content (AvgIpc) is 2.30. The van der Waals surface area contributed by atoms with E-state index in [1.807, 2.05) is 30.3 Å². The van der Waals surface area contributed by atoms with Gasteiger partial charge in [0, 0.05) is 11.7 Å². The third-order valence-electron chi connectivity index (χ3n) is 3.30. The maximum atomic E-state index is 11.8. The normalized spacial score (nSPS) is 24.1. The molecular formula is C14H20N2O. The maximum absolute atomic E-state index is 11.8. The number of hydrogen-bond donors (Lipinski definition) is 2. The topological polar surface area (TPSA) is 41.1 Å². The number of carbonyl (C=O) groups excluding carboxylic acids is 1. The molecule has 2 N–H and O–H groups in total. The van der Waals surface area contributed by atoms with E-state index in [2.05, 4.69) is 17.6 Å². The van der Waals surface area contributed by atoms with E-state index in [1.165, 1.54) is 12.8 Å². The third kappa shape index (κ3) is 3.77. The van der Waals surface area contributed by atoms with Crippen molar-refractivity contribution in [1.82, 2.24) is 5.32 Å². The quantitative estimate of drug-likeness (QED) is 0.806. The molecule has 0 bridgehead atoms. The Hall–Kier alpha value is -1.51. The van der Waals surface area contributed by atoms with Gasteiger partial charge in [-0.25, -0.2) is 4.79 Å². The Morgan fingerprint density at radius 1 is 1.24 bits per heavy atom. The number of amides is 2. The molecule has 0 heterocycles. The van der Waals surface area contributed by atoms with Gasteiger partial charge >= 0.3 is 6.03 Å². The zero-order valence-corrected chi connectivity index (χ0v) is 10.3. The van der Waals surface area contributed by atoms with Gasteiger partial charge in [-0.1, -0.05) is 38.0 Å². The second kappa shape index (κ2) is 5.71. The van der Waals surface area contributed by atoms with Crippen molar-refractivity contribution in [2.24, 2.45) is 5.92 Å². The van der Waals surface area contributed by atoms with Crippen molar-refractivity contribution in [2.75, 3.05) is 5.32 Å². The highest BCUT2D eigenvalue weighted by Crippen LogP contribution is 2.23. The van der Waals surface area contributed by atoms with Gasteiger partial charge in [-0.15, -0.1) is 0 Å². The van der Waals surface area contributed by atoms with E-state index >= 15 is 0 Å². The summed E-state index contributed by atoms with van der Waals surface area (Å²) in [6.45, 7) is 2.25.